The van der Waals surface area contributed by atoms with E-state index in [1.54, 1.807) is 0 Å². The van der Waals surface area contributed by atoms with Gasteiger partial charge in [0.25, 0.3) is 0 Å². The lowest BCUT2D eigenvalue weighted by Gasteiger charge is -2.27. The Morgan fingerprint density at radius 2 is 0.871 bits per heavy atom. The normalized spacial score (nSPS) is 11.9. The van der Waals surface area contributed by atoms with Crippen LogP contribution in [0.2, 0.25) is 0 Å². The SMILES string of the molecule is c1ccc2cc3c(cc2c1)oc1cccc(N(c2ccc(-c4ccc5ccc6ccccc6c5c4)cc2)c2ccc4ccc(-c5cc6ccccc6c6ccccc56)cc4c2)c13. The first-order valence-electron chi connectivity index (χ1n) is 21.3. The predicted octanol–water partition coefficient (Wildman–Crippen LogP) is 17.3. The van der Waals surface area contributed by atoms with Gasteiger partial charge in [-0.15, -0.1) is 0 Å². The number of hydrogen-bond acceptors (Lipinski definition) is 2. The van der Waals surface area contributed by atoms with Gasteiger partial charge in [-0.3, -0.25) is 0 Å². The van der Waals surface area contributed by atoms with Crippen molar-refractivity contribution in [1.82, 2.24) is 0 Å². The highest BCUT2D eigenvalue weighted by atomic mass is 16.3. The summed E-state index contributed by atoms with van der Waals surface area (Å²) in [5.74, 6) is 0. The number of rotatable bonds is 5. The molecule has 1 heterocycles. The van der Waals surface area contributed by atoms with E-state index in [4.69, 9.17) is 4.42 Å². The third-order valence-corrected chi connectivity index (χ3v) is 12.9. The molecule has 0 radical (unpaired) electrons. The van der Waals surface area contributed by atoms with Crippen molar-refractivity contribution in [3.05, 3.63) is 224 Å². The molecule has 0 aliphatic carbocycles. The minimum Gasteiger partial charge on any atom is -0.456 e. The van der Waals surface area contributed by atoms with Crippen LogP contribution in [0, 0.1) is 0 Å². The van der Waals surface area contributed by atoms with Crippen LogP contribution in [0.25, 0.3) is 109 Å². The van der Waals surface area contributed by atoms with Crippen LogP contribution in [-0.4, -0.2) is 0 Å². The maximum atomic E-state index is 6.64. The minimum absolute atomic E-state index is 0.865. The van der Waals surface area contributed by atoms with E-state index in [9.17, 15) is 0 Å². The Balaban J connectivity index is 0.998. The second-order valence-electron chi connectivity index (χ2n) is 16.5. The standard InChI is InChI=1S/C60H37NO/c1-2-12-43-37-59-56(35-42(43)11-1)60-57(18-9-19-58(60)62-59)61(48-29-26-38(27-30-48)44-24-23-41-22-21-40-10-3-5-14-50(40)54(41)34-44)49-31-28-39-20-25-46(32-47(39)33-49)55-36-45-13-4-6-15-51(45)52-16-7-8-17-53(52)55/h1-37H. The van der Waals surface area contributed by atoms with Crippen LogP contribution < -0.4 is 4.90 Å². The Labute approximate surface area is 358 Å². The lowest BCUT2D eigenvalue weighted by molar-refractivity contribution is 0.669. The molecule has 0 amide bonds. The van der Waals surface area contributed by atoms with E-state index in [2.05, 4.69) is 229 Å². The molecule has 2 nitrogen and oxygen atoms in total. The monoisotopic (exact) mass is 787 g/mol. The summed E-state index contributed by atoms with van der Waals surface area (Å²) in [6, 6.07) is 82.0. The van der Waals surface area contributed by atoms with E-state index in [1.165, 1.54) is 86.9 Å². The van der Waals surface area contributed by atoms with Gasteiger partial charge in [0, 0.05) is 16.8 Å². The van der Waals surface area contributed by atoms with E-state index in [0.717, 1.165) is 39.0 Å². The van der Waals surface area contributed by atoms with Crippen molar-refractivity contribution in [2.75, 3.05) is 4.90 Å². The summed E-state index contributed by atoms with van der Waals surface area (Å²) in [6.07, 6.45) is 0. The van der Waals surface area contributed by atoms with Gasteiger partial charge in [-0.1, -0.05) is 158 Å². The maximum Gasteiger partial charge on any atom is 0.137 e. The third kappa shape index (κ3) is 5.51. The molecular weight excluding hydrogens is 751 g/mol. The second kappa shape index (κ2) is 13.7. The van der Waals surface area contributed by atoms with Crippen LogP contribution in [0.4, 0.5) is 17.1 Å². The first-order chi connectivity index (χ1) is 30.7. The van der Waals surface area contributed by atoms with Crippen LogP contribution in [0.15, 0.2) is 229 Å². The largest absolute Gasteiger partial charge is 0.456 e. The van der Waals surface area contributed by atoms with Gasteiger partial charge in [0.2, 0.25) is 0 Å². The van der Waals surface area contributed by atoms with Crippen molar-refractivity contribution in [2.24, 2.45) is 0 Å². The predicted molar refractivity (Wildman–Crippen MR) is 264 cm³/mol. The fourth-order valence-electron chi connectivity index (χ4n) is 9.92. The molecule has 0 unspecified atom stereocenters. The Kier molecular flexibility index (Phi) is 7.64. The molecular formula is C60H37NO. The zero-order valence-electron chi connectivity index (χ0n) is 33.7. The molecule has 0 spiro atoms. The fraction of sp³-hybridized carbons (Fsp3) is 0. The molecule has 62 heavy (non-hydrogen) atoms. The number of furan rings is 1. The Hall–Kier alpha value is -8.20. The number of benzene rings is 12. The fourth-order valence-corrected chi connectivity index (χ4v) is 9.92. The average molecular weight is 788 g/mol. The molecule has 12 aromatic carbocycles. The van der Waals surface area contributed by atoms with Crippen LogP contribution in [0.1, 0.15) is 0 Å². The quantitative estimate of drug-likeness (QED) is 0.162. The molecule has 0 atom stereocenters. The summed E-state index contributed by atoms with van der Waals surface area (Å²) in [5, 5.41) is 17.0. The average Bonchev–Trinajstić information content (AvgIpc) is 3.71. The highest BCUT2D eigenvalue weighted by Gasteiger charge is 2.21. The van der Waals surface area contributed by atoms with E-state index >= 15 is 0 Å². The molecule has 0 N–H and O–H groups in total. The molecule has 2 heteroatoms. The van der Waals surface area contributed by atoms with Gasteiger partial charge in [0.1, 0.15) is 11.2 Å². The number of nitrogens with zero attached hydrogens (tertiary/aromatic N) is 1. The van der Waals surface area contributed by atoms with E-state index in [1.807, 2.05) is 0 Å². The molecule has 0 aliphatic heterocycles. The van der Waals surface area contributed by atoms with Gasteiger partial charge >= 0.3 is 0 Å². The molecule has 1 aromatic heterocycles. The van der Waals surface area contributed by atoms with Crippen LogP contribution in [0.3, 0.4) is 0 Å². The molecule has 0 saturated heterocycles. The Morgan fingerprint density at radius 3 is 1.69 bits per heavy atom. The summed E-state index contributed by atoms with van der Waals surface area (Å²) < 4.78 is 6.64. The second-order valence-corrected chi connectivity index (χ2v) is 16.5. The van der Waals surface area contributed by atoms with Crippen molar-refractivity contribution in [3.8, 4) is 22.3 Å². The van der Waals surface area contributed by atoms with Gasteiger partial charge < -0.3 is 9.32 Å². The van der Waals surface area contributed by atoms with Gasteiger partial charge in [0.05, 0.1) is 11.1 Å². The third-order valence-electron chi connectivity index (χ3n) is 12.9. The highest BCUT2D eigenvalue weighted by Crippen LogP contribution is 2.45. The summed E-state index contributed by atoms with van der Waals surface area (Å²) >= 11 is 0. The smallest absolute Gasteiger partial charge is 0.137 e. The highest BCUT2D eigenvalue weighted by molar-refractivity contribution is 6.17. The minimum atomic E-state index is 0.865. The molecule has 13 rings (SSSR count). The van der Waals surface area contributed by atoms with E-state index in [-0.39, 0.29) is 0 Å². The van der Waals surface area contributed by atoms with Gasteiger partial charge in [-0.25, -0.2) is 0 Å². The molecule has 0 bridgehead atoms. The Bertz CT molecular complexity index is 3930. The van der Waals surface area contributed by atoms with Crippen molar-refractivity contribution < 1.29 is 4.42 Å². The van der Waals surface area contributed by atoms with E-state index in [0.29, 0.717) is 0 Å². The number of anilines is 3. The first-order valence-corrected chi connectivity index (χ1v) is 21.3. The molecule has 288 valence electrons. The molecule has 0 aliphatic rings. The van der Waals surface area contributed by atoms with Crippen LogP contribution in [-0.2, 0) is 0 Å². The molecule has 13 aromatic rings. The summed E-state index contributed by atoms with van der Waals surface area (Å²) in [6.45, 7) is 0. The van der Waals surface area contributed by atoms with Crippen molar-refractivity contribution in [1.29, 1.82) is 0 Å². The van der Waals surface area contributed by atoms with E-state index < -0.39 is 0 Å². The van der Waals surface area contributed by atoms with Crippen LogP contribution >= 0.6 is 0 Å². The van der Waals surface area contributed by atoms with Crippen LogP contribution in [0.5, 0.6) is 0 Å². The first kappa shape index (κ1) is 34.6. The zero-order valence-corrected chi connectivity index (χ0v) is 33.7. The topological polar surface area (TPSA) is 16.4 Å². The van der Waals surface area contributed by atoms with Gasteiger partial charge in [-0.05, 0) is 154 Å². The summed E-state index contributed by atoms with van der Waals surface area (Å²) in [4.78, 5) is 2.40. The lowest BCUT2D eigenvalue weighted by atomic mass is 9.92. The summed E-state index contributed by atoms with van der Waals surface area (Å²) in [5.41, 5.74) is 9.77. The summed E-state index contributed by atoms with van der Waals surface area (Å²) in [7, 11) is 0. The van der Waals surface area contributed by atoms with Crippen molar-refractivity contribution in [3.63, 3.8) is 0 Å². The van der Waals surface area contributed by atoms with Gasteiger partial charge in [-0.2, -0.15) is 0 Å². The van der Waals surface area contributed by atoms with Crippen molar-refractivity contribution in [2.45, 2.75) is 0 Å². The lowest BCUT2D eigenvalue weighted by Crippen LogP contribution is -2.10. The van der Waals surface area contributed by atoms with Crippen molar-refractivity contribution >= 4 is 104 Å². The zero-order chi connectivity index (χ0) is 40.7. The number of hydrogen-bond donors (Lipinski definition) is 0. The van der Waals surface area contributed by atoms with Gasteiger partial charge in [0.15, 0.2) is 0 Å². The molecule has 0 fully saturated rings. The maximum absolute atomic E-state index is 6.64. The number of fused-ring (bicyclic) bond motifs is 11. The Morgan fingerprint density at radius 1 is 0.274 bits per heavy atom. The molecule has 0 saturated carbocycles.